The van der Waals surface area contributed by atoms with Crippen LogP contribution in [0.1, 0.15) is 24.1 Å². The molecule has 2 N–H and O–H groups in total. The van der Waals surface area contributed by atoms with Crippen molar-refractivity contribution < 1.29 is 9.90 Å². The topological polar surface area (TPSA) is 49.3 Å². The zero-order chi connectivity index (χ0) is 12.3. The highest BCUT2D eigenvalue weighted by molar-refractivity contribution is 7.17. The van der Waals surface area contributed by atoms with Crippen LogP contribution in [0.15, 0.2) is 18.2 Å². The third-order valence-corrected chi connectivity index (χ3v) is 4.07. The Hall–Kier alpha value is -0.840. The number of carbonyl (C=O) groups is 1. The van der Waals surface area contributed by atoms with E-state index in [1.807, 2.05) is 6.07 Å². The fourth-order valence-electron chi connectivity index (χ4n) is 1.65. The van der Waals surface area contributed by atoms with Gasteiger partial charge in [0.2, 0.25) is 5.91 Å². The molecular formula is C12H14ClNO2S. The summed E-state index contributed by atoms with van der Waals surface area (Å²) in [6.07, 6.45) is 5.77. The van der Waals surface area contributed by atoms with E-state index in [0.717, 1.165) is 24.1 Å². The first-order chi connectivity index (χ1) is 8.07. The summed E-state index contributed by atoms with van der Waals surface area (Å²) in [5.41, 5.74) is -0.671. The Morgan fingerprint density at radius 1 is 1.59 bits per heavy atom. The van der Waals surface area contributed by atoms with Crippen LogP contribution in [0.4, 0.5) is 0 Å². The molecule has 92 valence electrons. The number of nitrogens with one attached hydrogen (secondary N) is 1. The van der Waals surface area contributed by atoms with Gasteiger partial charge in [-0.2, -0.15) is 0 Å². The van der Waals surface area contributed by atoms with E-state index in [1.165, 1.54) is 17.4 Å². The lowest BCUT2D eigenvalue weighted by Gasteiger charge is -2.36. The summed E-state index contributed by atoms with van der Waals surface area (Å²) in [7, 11) is 0. The lowest BCUT2D eigenvalue weighted by atomic mass is 9.80. The zero-order valence-corrected chi connectivity index (χ0v) is 10.9. The van der Waals surface area contributed by atoms with Gasteiger partial charge in [-0.25, -0.2) is 0 Å². The molecular weight excluding hydrogens is 258 g/mol. The van der Waals surface area contributed by atoms with Crippen LogP contribution >= 0.6 is 22.9 Å². The molecule has 1 aliphatic carbocycles. The quantitative estimate of drug-likeness (QED) is 0.827. The van der Waals surface area contributed by atoms with E-state index in [1.54, 1.807) is 12.1 Å². The van der Waals surface area contributed by atoms with Crippen LogP contribution in [0, 0.1) is 0 Å². The van der Waals surface area contributed by atoms with Gasteiger partial charge in [-0.15, -0.1) is 11.3 Å². The van der Waals surface area contributed by atoms with Crippen molar-refractivity contribution in [3.63, 3.8) is 0 Å². The van der Waals surface area contributed by atoms with Crippen LogP contribution in [0.2, 0.25) is 4.34 Å². The maximum atomic E-state index is 11.5. The summed E-state index contributed by atoms with van der Waals surface area (Å²) in [5.74, 6) is -0.185. The lowest BCUT2D eigenvalue weighted by molar-refractivity contribution is -0.118. The first-order valence-corrected chi connectivity index (χ1v) is 6.71. The molecule has 0 atom stereocenters. The minimum absolute atomic E-state index is 0.185. The van der Waals surface area contributed by atoms with E-state index in [-0.39, 0.29) is 5.91 Å². The minimum atomic E-state index is -0.671. The molecule has 0 aliphatic heterocycles. The number of hydrogen-bond acceptors (Lipinski definition) is 3. The summed E-state index contributed by atoms with van der Waals surface area (Å²) in [4.78, 5) is 12.4. The molecule has 1 aromatic rings. The van der Waals surface area contributed by atoms with Gasteiger partial charge in [-0.05, 0) is 37.5 Å². The number of carbonyl (C=O) groups excluding carboxylic acids is 1. The Kier molecular flexibility index (Phi) is 3.86. The van der Waals surface area contributed by atoms with Crippen molar-refractivity contribution in [2.45, 2.75) is 24.9 Å². The van der Waals surface area contributed by atoms with E-state index in [0.29, 0.717) is 10.9 Å². The average molecular weight is 272 g/mol. The van der Waals surface area contributed by atoms with Gasteiger partial charge in [0.25, 0.3) is 0 Å². The molecule has 0 saturated heterocycles. The van der Waals surface area contributed by atoms with Crippen molar-refractivity contribution in [2.24, 2.45) is 0 Å². The largest absolute Gasteiger partial charge is 0.388 e. The monoisotopic (exact) mass is 271 g/mol. The van der Waals surface area contributed by atoms with E-state index < -0.39 is 5.60 Å². The van der Waals surface area contributed by atoms with Gasteiger partial charge >= 0.3 is 0 Å². The van der Waals surface area contributed by atoms with Crippen LogP contribution in [0.25, 0.3) is 6.08 Å². The van der Waals surface area contributed by atoms with Crippen molar-refractivity contribution in [3.8, 4) is 0 Å². The van der Waals surface area contributed by atoms with Crippen molar-refractivity contribution in [3.05, 3.63) is 27.4 Å². The summed E-state index contributed by atoms with van der Waals surface area (Å²) in [6, 6.07) is 3.65. The van der Waals surface area contributed by atoms with Gasteiger partial charge in [0.1, 0.15) is 0 Å². The second-order valence-electron chi connectivity index (χ2n) is 4.27. The van der Waals surface area contributed by atoms with E-state index in [2.05, 4.69) is 5.32 Å². The Morgan fingerprint density at radius 3 is 2.88 bits per heavy atom. The Morgan fingerprint density at radius 2 is 2.35 bits per heavy atom. The van der Waals surface area contributed by atoms with Crippen LogP contribution in [0.5, 0.6) is 0 Å². The molecule has 0 spiro atoms. The number of rotatable bonds is 4. The molecule has 0 unspecified atom stereocenters. The number of thiophene rings is 1. The molecule has 3 nitrogen and oxygen atoms in total. The molecule has 0 aromatic carbocycles. The molecule has 1 fully saturated rings. The van der Waals surface area contributed by atoms with Gasteiger partial charge in [0, 0.05) is 17.5 Å². The standard InChI is InChI=1S/C12H14ClNO2S/c13-10-4-2-9(17-10)3-5-11(15)14-8-12(16)6-1-7-12/h2-5,16H,1,6-8H2,(H,14,15)/b5-3+. The van der Waals surface area contributed by atoms with E-state index in [4.69, 9.17) is 11.6 Å². The van der Waals surface area contributed by atoms with Crippen molar-refractivity contribution in [1.29, 1.82) is 0 Å². The number of hydrogen-bond donors (Lipinski definition) is 2. The van der Waals surface area contributed by atoms with Gasteiger partial charge < -0.3 is 10.4 Å². The lowest BCUT2D eigenvalue weighted by Crippen LogP contribution is -2.47. The van der Waals surface area contributed by atoms with Gasteiger partial charge in [0.15, 0.2) is 0 Å². The third kappa shape index (κ3) is 3.56. The molecule has 17 heavy (non-hydrogen) atoms. The predicted molar refractivity (Wildman–Crippen MR) is 70.2 cm³/mol. The second kappa shape index (κ2) is 5.21. The van der Waals surface area contributed by atoms with Crippen molar-refractivity contribution in [2.75, 3.05) is 6.54 Å². The fraction of sp³-hybridized carbons (Fsp3) is 0.417. The maximum Gasteiger partial charge on any atom is 0.244 e. The Labute approximate surface area is 109 Å². The SMILES string of the molecule is O=C(/C=C/c1ccc(Cl)s1)NCC1(O)CCC1. The van der Waals surface area contributed by atoms with E-state index in [9.17, 15) is 9.90 Å². The van der Waals surface area contributed by atoms with Crippen molar-refractivity contribution >= 4 is 34.9 Å². The summed E-state index contributed by atoms with van der Waals surface area (Å²) >= 11 is 7.19. The second-order valence-corrected chi connectivity index (χ2v) is 6.02. The van der Waals surface area contributed by atoms with Crippen LogP contribution in [-0.2, 0) is 4.79 Å². The molecule has 0 bridgehead atoms. The maximum absolute atomic E-state index is 11.5. The highest BCUT2D eigenvalue weighted by Crippen LogP contribution is 2.30. The molecule has 1 heterocycles. The first kappa shape index (κ1) is 12.6. The van der Waals surface area contributed by atoms with E-state index >= 15 is 0 Å². The highest BCUT2D eigenvalue weighted by atomic mass is 35.5. The number of halogens is 1. The third-order valence-electron chi connectivity index (χ3n) is 2.87. The summed E-state index contributed by atoms with van der Waals surface area (Å²) in [5, 5.41) is 12.5. The zero-order valence-electron chi connectivity index (χ0n) is 9.28. The van der Waals surface area contributed by atoms with Gasteiger partial charge in [-0.1, -0.05) is 11.6 Å². The molecule has 1 amide bonds. The molecule has 2 rings (SSSR count). The normalized spacial score (nSPS) is 18.0. The van der Waals surface area contributed by atoms with Crippen LogP contribution in [0.3, 0.4) is 0 Å². The molecule has 5 heteroatoms. The first-order valence-electron chi connectivity index (χ1n) is 5.51. The molecule has 0 radical (unpaired) electrons. The van der Waals surface area contributed by atoms with Crippen LogP contribution < -0.4 is 5.32 Å². The Bertz CT molecular complexity index is 437. The molecule has 1 aromatic heterocycles. The average Bonchev–Trinajstić information content (AvgIpc) is 2.67. The van der Waals surface area contributed by atoms with Gasteiger partial charge in [-0.3, -0.25) is 4.79 Å². The summed E-state index contributed by atoms with van der Waals surface area (Å²) < 4.78 is 0.703. The minimum Gasteiger partial charge on any atom is -0.388 e. The highest BCUT2D eigenvalue weighted by Gasteiger charge is 2.34. The molecule has 1 aliphatic rings. The smallest absolute Gasteiger partial charge is 0.244 e. The summed E-state index contributed by atoms with van der Waals surface area (Å²) in [6.45, 7) is 0.335. The fourth-order valence-corrected chi connectivity index (χ4v) is 2.61. The number of amides is 1. The number of aliphatic hydroxyl groups is 1. The Balaban J connectivity index is 1.79. The predicted octanol–water partition coefficient (Wildman–Crippen LogP) is 2.45. The van der Waals surface area contributed by atoms with Crippen molar-refractivity contribution in [1.82, 2.24) is 5.32 Å². The van der Waals surface area contributed by atoms with Gasteiger partial charge in [0.05, 0.1) is 9.94 Å². The molecule has 1 saturated carbocycles. The van der Waals surface area contributed by atoms with Crippen LogP contribution in [-0.4, -0.2) is 23.2 Å².